The van der Waals surface area contributed by atoms with E-state index >= 15 is 0 Å². The third kappa shape index (κ3) is 1.99. The van der Waals surface area contributed by atoms with E-state index in [1.807, 2.05) is 6.92 Å². The molecule has 0 aromatic carbocycles. The molecule has 1 unspecified atom stereocenters. The highest BCUT2D eigenvalue weighted by Gasteiger charge is 2.56. The molecule has 0 radical (unpaired) electrons. The van der Waals surface area contributed by atoms with Crippen LogP contribution in [0.25, 0.3) is 0 Å². The van der Waals surface area contributed by atoms with Crippen LogP contribution in [-0.4, -0.2) is 30.1 Å². The predicted octanol–water partition coefficient (Wildman–Crippen LogP) is 2.20. The molecular formula is C12H20O4. The van der Waals surface area contributed by atoms with Gasteiger partial charge >= 0.3 is 5.97 Å². The summed E-state index contributed by atoms with van der Waals surface area (Å²) in [6.07, 6.45) is 3.33. The molecule has 0 spiro atoms. The third-order valence-corrected chi connectivity index (χ3v) is 3.50. The van der Waals surface area contributed by atoms with Crippen LogP contribution >= 0.6 is 0 Å². The highest BCUT2D eigenvalue weighted by atomic mass is 16.7. The molecule has 1 saturated heterocycles. The highest BCUT2D eigenvalue weighted by molar-refractivity contribution is 5.76. The second-order valence-electron chi connectivity index (χ2n) is 4.21. The first-order chi connectivity index (χ1) is 7.52. The van der Waals surface area contributed by atoms with Crippen molar-refractivity contribution in [3.8, 4) is 0 Å². The van der Waals surface area contributed by atoms with E-state index in [-0.39, 0.29) is 0 Å². The molecule has 1 rings (SSSR count). The van der Waals surface area contributed by atoms with Crippen LogP contribution in [0.4, 0.5) is 0 Å². The van der Waals surface area contributed by atoms with Crippen molar-refractivity contribution in [1.82, 2.24) is 0 Å². The van der Waals surface area contributed by atoms with Crippen molar-refractivity contribution >= 4 is 5.97 Å². The van der Waals surface area contributed by atoms with Crippen molar-refractivity contribution in [3.05, 3.63) is 12.7 Å². The van der Waals surface area contributed by atoms with Gasteiger partial charge in [-0.25, -0.2) is 0 Å². The average Bonchev–Trinajstić information content (AvgIpc) is 2.67. The lowest BCUT2D eigenvalue weighted by Gasteiger charge is -2.40. The van der Waals surface area contributed by atoms with Crippen molar-refractivity contribution in [2.75, 3.05) is 13.2 Å². The van der Waals surface area contributed by atoms with Gasteiger partial charge in [0.05, 0.1) is 13.2 Å². The normalized spacial score (nSPS) is 22.6. The first kappa shape index (κ1) is 13.2. The summed E-state index contributed by atoms with van der Waals surface area (Å²) in [4.78, 5) is 11.6. The number of carbonyl (C=O) groups is 1. The maximum absolute atomic E-state index is 11.6. The summed E-state index contributed by atoms with van der Waals surface area (Å²) in [5.74, 6) is -1.88. The van der Waals surface area contributed by atoms with E-state index in [1.54, 1.807) is 13.0 Å². The lowest BCUT2D eigenvalue weighted by molar-refractivity contribution is -0.235. The third-order valence-electron chi connectivity index (χ3n) is 3.50. The highest BCUT2D eigenvalue weighted by Crippen LogP contribution is 2.45. The lowest BCUT2D eigenvalue weighted by Crippen LogP contribution is -2.52. The van der Waals surface area contributed by atoms with Crippen LogP contribution in [0, 0.1) is 5.41 Å². The summed E-state index contributed by atoms with van der Waals surface area (Å²) < 4.78 is 11.0. The number of aliphatic carboxylic acids is 1. The average molecular weight is 228 g/mol. The van der Waals surface area contributed by atoms with Crippen LogP contribution in [0.15, 0.2) is 12.7 Å². The Morgan fingerprint density at radius 2 is 2.12 bits per heavy atom. The Labute approximate surface area is 96.2 Å². The molecule has 4 heteroatoms. The van der Waals surface area contributed by atoms with E-state index in [0.717, 1.165) is 0 Å². The van der Waals surface area contributed by atoms with Crippen LogP contribution in [0.5, 0.6) is 0 Å². The van der Waals surface area contributed by atoms with Crippen LogP contribution in [0.3, 0.4) is 0 Å². The fourth-order valence-corrected chi connectivity index (χ4v) is 2.32. The summed E-state index contributed by atoms with van der Waals surface area (Å²) in [5, 5.41) is 9.48. The van der Waals surface area contributed by atoms with E-state index < -0.39 is 17.2 Å². The molecule has 0 aromatic heterocycles. The monoisotopic (exact) mass is 228 g/mol. The summed E-state index contributed by atoms with van der Waals surface area (Å²) in [7, 11) is 0. The number of ether oxygens (including phenoxy) is 2. The summed E-state index contributed by atoms with van der Waals surface area (Å²) in [6, 6.07) is 0. The van der Waals surface area contributed by atoms with E-state index in [0.29, 0.717) is 32.5 Å². The van der Waals surface area contributed by atoms with Gasteiger partial charge in [-0.3, -0.25) is 4.79 Å². The second-order valence-corrected chi connectivity index (χ2v) is 4.21. The largest absolute Gasteiger partial charge is 0.481 e. The Kier molecular flexibility index (Phi) is 4.10. The van der Waals surface area contributed by atoms with E-state index in [1.165, 1.54) is 0 Å². The Hall–Kier alpha value is -0.870. The van der Waals surface area contributed by atoms with Crippen LogP contribution < -0.4 is 0 Å². The number of rotatable bonds is 6. The van der Waals surface area contributed by atoms with E-state index in [2.05, 4.69) is 6.58 Å². The minimum atomic E-state index is -1.02. The fraction of sp³-hybridized carbons (Fsp3) is 0.750. The Balaban J connectivity index is 3.00. The Morgan fingerprint density at radius 1 is 1.56 bits per heavy atom. The maximum atomic E-state index is 11.6. The molecule has 1 aliphatic rings. The summed E-state index contributed by atoms with van der Waals surface area (Å²) in [6.45, 7) is 8.13. The van der Waals surface area contributed by atoms with Gasteiger partial charge in [0, 0.05) is 0 Å². The minimum absolute atomic E-state index is 0.458. The molecule has 1 atom stereocenters. The van der Waals surface area contributed by atoms with Crippen molar-refractivity contribution in [2.45, 2.75) is 38.9 Å². The first-order valence-electron chi connectivity index (χ1n) is 5.64. The summed E-state index contributed by atoms with van der Waals surface area (Å²) >= 11 is 0. The molecule has 92 valence electrons. The van der Waals surface area contributed by atoms with E-state index in [4.69, 9.17) is 9.47 Å². The Bertz CT molecular complexity index is 268. The molecule has 4 nitrogen and oxygen atoms in total. The molecule has 1 N–H and O–H groups in total. The minimum Gasteiger partial charge on any atom is -0.481 e. The quantitative estimate of drug-likeness (QED) is 0.708. The van der Waals surface area contributed by atoms with Crippen LogP contribution in [0.2, 0.25) is 0 Å². The number of carboxylic acid groups (broad SMARTS) is 1. The molecule has 0 aromatic rings. The Morgan fingerprint density at radius 3 is 2.50 bits per heavy atom. The smallest absolute Gasteiger partial charge is 0.315 e. The zero-order valence-electron chi connectivity index (χ0n) is 9.99. The maximum Gasteiger partial charge on any atom is 0.315 e. The van der Waals surface area contributed by atoms with E-state index in [9.17, 15) is 9.90 Å². The van der Waals surface area contributed by atoms with Gasteiger partial charge in [-0.15, -0.1) is 6.58 Å². The number of hydrogen-bond donors (Lipinski definition) is 1. The number of allylic oxidation sites excluding steroid dienone is 1. The predicted molar refractivity (Wildman–Crippen MR) is 60.1 cm³/mol. The number of carboxylic acids is 1. The van der Waals surface area contributed by atoms with Gasteiger partial charge < -0.3 is 14.6 Å². The molecular weight excluding hydrogens is 208 g/mol. The second kappa shape index (κ2) is 4.97. The zero-order chi connectivity index (χ0) is 12.2. The molecule has 0 aliphatic carbocycles. The molecule has 0 saturated carbocycles. The summed E-state index contributed by atoms with van der Waals surface area (Å²) in [5.41, 5.74) is -0.988. The topological polar surface area (TPSA) is 55.8 Å². The van der Waals surface area contributed by atoms with Gasteiger partial charge in [0.1, 0.15) is 5.41 Å². The van der Waals surface area contributed by atoms with Crippen molar-refractivity contribution in [2.24, 2.45) is 5.41 Å². The van der Waals surface area contributed by atoms with Gasteiger partial charge in [0.25, 0.3) is 0 Å². The van der Waals surface area contributed by atoms with Crippen molar-refractivity contribution in [1.29, 1.82) is 0 Å². The molecule has 1 heterocycles. The zero-order valence-corrected chi connectivity index (χ0v) is 9.99. The van der Waals surface area contributed by atoms with Crippen molar-refractivity contribution in [3.63, 3.8) is 0 Å². The SMILES string of the molecule is C=CCCC(CC)(C(=O)O)C1(C)OCCO1. The van der Waals surface area contributed by atoms with Gasteiger partial charge in [-0.05, 0) is 26.2 Å². The molecule has 0 bridgehead atoms. The van der Waals surface area contributed by atoms with Gasteiger partial charge in [0.15, 0.2) is 5.79 Å². The standard InChI is InChI=1S/C12H20O4/c1-4-6-7-12(5-2,10(13)14)11(3)15-8-9-16-11/h4H,1,5-9H2,2-3H3,(H,13,14). The van der Waals surface area contributed by atoms with Gasteiger partial charge in [-0.1, -0.05) is 13.0 Å². The van der Waals surface area contributed by atoms with Crippen molar-refractivity contribution < 1.29 is 19.4 Å². The first-order valence-corrected chi connectivity index (χ1v) is 5.64. The van der Waals surface area contributed by atoms with Crippen LogP contribution in [-0.2, 0) is 14.3 Å². The van der Waals surface area contributed by atoms with Gasteiger partial charge in [-0.2, -0.15) is 0 Å². The van der Waals surface area contributed by atoms with Crippen LogP contribution in [0.1, 0.15) is 33.1 Å². The fourth-order valence-electron chi connectivity index (χ4n) is 2.32. The molecule has 1 fully saturated rings. The molecule has 1 aliphatic heterocycles. The number of hydrogen-bond acceptors (Lipinski definition) is 3. The lowest BCUT2D eigenvalue weighted by atomic mass is 9.73. The van der Waals surface area contributed by atoms with Gasteiger partial charge in [0.2, 0.25) is 0 Å². The molecule has 0 amide bonds. The molecule has 16 heavy (non-hydrogen) atoms.